The maximum absolute atomic E-state index is 12.2. The first-order valence-corrected chi connectivity index (χ1v) is 5.25. The second-order valence-electron chi connectivity index (χ2n) is 3.69. The van der Waals surface area contributed by atoms with Crippen molar-refractivity contribution in [1.29, 1.82) is 0 Å². The Bertz CT molecular complexity index is 535. The fourth-order valence-electron chi connectivity index (χ4n) is 1.63. The van der Waals surface area contributed by atoms with Gasteiger partial charge in [-0.3, -0.25) is 4.79 Å². The van der Waals surface area contributed by atoms with E-state index in [2.05, 4.69) is 0 Å². The van der Waals surface area contributed by atoms with Crippen molar-refractivity contribution < 1.29 is 9.53 Å². The van der Waals surface area contributed by atoms with Gasteiger partial charge in [0.05, 0.1) is 7.11 Å². The molecule has 2 rings (SSSR count). The highest BCUT2D eigenvalue weighted by molar-refractivity contribution is 6.09. The van der Waals surface area contributed by atoms with E-state index in [0.29, 0.717) is 22.6 Å². The molecule has 0 saturated heterocycles. The Hall–Kier alpha value is -2.29. The van der Waals surface area contributed by atoms with E-state index < -0.39 is 0 Å². The summed E-state index contributed by atoms with van der Waals surface area (Å²) in [7, 11) is 1.55. The Kier molecular flexibility index (Phi) is 3.10. The number of rotatable bonds is 3. The molecule has 2 N–H and O–H groups in total. The first-order valence-electron chi connectivity index (χ1n) is 5.25. The SMILES string of the molecule is COc1cc(N)cc(C(=O)c2ccccc2)c1. The van der Waals surface area contributed by atoms with E-state index >= 15 is 0 Å². The molecule has 3 nitrogen and oxygen atoms in total. The maximum atomic E-state index is 12.2. The number of hydrogen-bond donors (Lipinski definition) is 1. The zero-order chi connectivity index (χ0) is 12.3. The van der Waals surface area contributed by atoms with E-state index in [0.717, 1.165) is 0 Å². The van der Waals surface area contributed by atoms with Crippen LogP contribution in [0.3, 0.4) is 0 Å². The van der Waals surface area contributed by atoms with Gasteiger partial charge in [0.1, 0.15) is 5.75 Å². The van der Waals surface area contributed by atoms with Gasteiger partial charge in [-0.15, -0.1) is 0 Å². The average molecular weight is 227 g/mol. The smallest absolute Gasteiger partial charge is 0.193 e. The third kappa shape index (κ3) is 2.45. The van der Waals surface area contributed by atoms with Crippen molar-refractivity contribution >= 4 is 11.5 Å². The van der Waals surface area contributed by atoms with Gasteiger partial charge in [0.2, 0.25) is 0 Å². The van der Waals surface area contributed by atoms with Gasteiger partial charge >= 0.3 is 0 Å². The van der Waals surface area contributed by atoms with E-state index in [-0.39, 0.29) is 5.78 Å². The zero-order valence-corrected chi connectivity index (χ0v) is 9.51. The molecular formula is C14H13NO2. The number of ether oxygens (including phenoxy) is 1. The van der Waals surface area contributed by atoms with Gasteiger partial charge in [-0.1, -0.05) is 30.3 Å². The maximum Gasteiger partial charge on any atom is 0.193 e. The molecule has 0 heterocycles. The number of carbonyl (C=O) groups is 1. The first kappa shape index (κ1) is 11.2. The van der Waals surface area contributed by atoms with E-state index in [1.165, 1.54) is 0 Å². The van der Waals surface area contributed by atoms with E-state index in [1.807, 2.05) is 18.2 Å². The monoisotopic (exact) mass is 227 g/mol. The number of carbonyl (C=O) groups excluding carboxylic acids is 1. The minimum absolute atomic E-state index is 0.0591. The number of nitrogen functional groups attached to an aromatic ring is 1. The molecule has 0 atom stereocenters. The molecule has 0 aliphatic carbocycles. The standard InChI is InChI=1S/C14H13NO2/c1-17-13-8-11(7-12(15)9-13)14(16)10-5-3-2-4-6-10/h2-9H,15H2,1H3. The van der Waals surface area contributed by atoms with Crippen molar-refractivity contribution in [1.82, 2.24) is 0 Å². The normalized spacial score (nSPS) is 9.94. The van der Waals surface area contributed by atoms with Gasteiger partial charge in [0.25, 0.3) is 0 Å². The van der Waals surface area contributed by atoms with Crippen LogP contribution in [0.15, 0.2) is 48.5 Å². The van der Waals surface area contributed by atoms with Crippen LogP contribution in [0, 0.1) is 0 Å². The molecule has 0 saturated carbocycles. The molecule has 0 spiro atoms. The number of benzene rings is 2. The highest BCUT2D eigenvalue weighted by Gasteiger charge is 2.10. The van der Waals surface area contributed by atoms with Crippen LogP contribution in [0.4, 0.5) is 5.69 Å². The number of nitrogens with two attached hydrogens (primary N) is 1. The molecule has 17 heavy (non-hydrogen) atoms. The van der Waals surface area contributed by atoms with Crippen molar-refractivity contribution in [2.45, 2.75) is 0 Å². The van der Waals surface area contributed by atoms with E-state index in [4.69, 9.17) is 10.5 Å². The van der Waals surface area contributed by atoms with Gasteiger partial charge in [-0.25, -0.2) is 0 Å². The minimum Gasteiger partial charge on any atom is -0.497 e. The average Bonchev–Trinajstić information content (AvgIpc) is 2.38. The topological polar surface area (TPSA) is 52.3 Å². The van der Waals surface area contributed by atoms with Crippen molar-refractivity contribution in [2.24, 2.45) is 0 Å². The Morgan fingerprint density at radius 2 is 1.76 bits per heavy atom. The predicted molar refractivity (Wildman–Crippen MR) is 67.3 cm³/mol. The summed E-state index contributed by atoms with van der Waals surface area (Å²) >= 11 is 0. The minimum atomic E-state index is -0.0591. The van der Waals surface area contributed by atoms with E-state index in [9.17, 15) is 4.79 Å². The molecular weight excluding hydrogens is 214 g/mol. The van der Waals surface area contributed by atoms with Crippen molar-refractivity contribution in [3.63, 3.8) is 0 Å². The molecule has 2 aromatic carbocycles. The molecule has 0 aromatic heterocycles. The lowest BCUT2D eigenvalue weighted by molar-refractivity contribution is 0.103. The highest BCUT2D eigenvalue weighted by Crippen LogP contribution is 2.20. The number of anilines is 1. The molecule has 0 bridgehead atoms. The quantitative estimate of drug-likeness (QED) is 0.647. The fourth-order valence-corrected chi connectivity index (χ4v) is 1.63. The second-order valence-corrected chi connectivity index (χ2v) is 3.69. The van der Waals surface area contributed by atoms with Crippen LogP contribution in [-0.4, -0.2) is 12.9 Å². The molecule has 0 radical (unpaired) electrons. The number of ketones is 1. The zero-order valence-electron chi connectivity index (χ0n) is 9.51. The van der Waals surface area contributed by atoms with Crippen molar-refractivity contribution in [3.05, 3.63) is 59.7 Å². The van der Waals surface area contributed by atoms with Crippen LogP contribution in [0.5, 0.6) is 5.75 Å². The summed E-state index contributed by atoms with van der Waals surface area (Å²) in [5.41, 5.74) is 7.41. The highest BCUT2D eigenvalue weighted by atomic mass is 16.5. The lowest BCUT2D eigenvalue weighted by atomic mass is 10.0. The van der Waals surface area contributed by atoms with Gasteiger partial charge in [0, 0.05) is 22.9 Å². The summed E-state index contributed by atoms with van der Waals surface area (Å²) in [5.74, 6) is 0.528. The second kappa shape index (κ2) is 4.70. The molecule has 0 aliphatic heterocycles. The lowest BCUT2D eigenvalue weighted by Gasteiger charge is -2.06. The number of hydrogen-bond acceptors (Lipinski definition) is 3. The molecule has 3 heteroatoms. The summed E-state index contributed by atoms with van der Waals surface area (Å²) in [4.78, 5) is 12.2. The van der Waals surface area contributed by atoms with Crippen LogP contribution >= 0.6 is 0 Å². The summed E-state index contributed by atoms with van der Waals surface area (Å²) in [6, 6.07) is 14.1. The van der Waals surface area contributed by atoms with Crippen LogP contribution in [-0.2, 0) is 0 Å². The Balaban J connectivity index is 2.41. The summed E-state index contributed by atoms with van der Waals surface area (Å²) in [6.45, 7) is 0. The summed E-state index contributed by atoms with van der Waals surface area (Å²) in [6.07, 6.45) is 0. The third-order valence-corrected chi connectivity index (χ3v) is 2.46. The van der Waals surface area contributed by atoms with Gasteiger partial charge in [-0.05, 0) is 12.1 Å². The van der Waals surface area contributed by atoms with Crippen LogP contribution in [0.25, 0.3) is 0 Å². The molecule has 0 amide bonds. The van der Waals surface area contributed by atoms with Gasteiger partial charge < -0.3 is 10.5 Å². The third-order valence-electron chi connectivity index (χ3n) is 2.46. The fraction of sp³-hybridized carbons (Fsp3) is 0.0714. The molecule has 0 aliphatic rings. The van der Waals surface area contributed by atoms with Crippen molar-refractivity contribution in [2.75, 3.05) is 12.8 Å². The molecule has 0 unspecified atom stereocenters. The van der Waals surface area contributed by atoms with Crippen LogP contribution < -0.4 is 10.5 Å². The van der Waals surface area contributed by atoms with Gasteiger partial charge in [-0.2, -0.15) is 0 Å². The van der Waals surface area contributed by atoms with Crippen molar-refractivity contribution in [3.8, 4) is 5.75 Å². The Labute approximate surface area is 99.8 Å². The van der Waals surface area contributed by atoms with E-state index in [1.54, 1.807) is 37.4 Å². The predicted octanol–water partition coefficient (Wildman–Crippen LogP) is 2.51. The Morgan fingerprint density at radius 3 is 2.41 bits per heavy atom. The number of methoxy groups -OCH3 is 1. The molecule has 86 valence electrons. The largest absolute Gasteiger partial charge is 0.497 e. The molecule has 2 aromatic rings. The Morgan fingerprint density at radius 1 is 1.06 bits per heavy atom. The van der Waals surface area contributed by atoms with Crippen LogP contribution in [0.1, 0.15) is 15.9 Å². The van der Waals surface area contributed by atoms with Gasteiger partial charge in [0.15, 0.2) is 5.78 Å². The summed E-state index contributed by atoms with van der Waals surface area (Å²) < 4.78 is 5.09. The van der Waals surface area contributed by atoms with Crippen LogP contribution in [0.2, 0.25) is 0 Å². The molecule has 0 fully saturated rings. The lowest BCUT2D eigenvalue weighted by Crippen LogP contribution is -2.02. The first-order chi connectivity index (χ1) is 8.20. The summed E-state index contributed by atoms with van der Waals surface area (Å²) in [5, 5.41) is 0.